The van der Waals surface area contributed by atoms with Gasteiger partial charge in [0.15, 0.2) is 0 Å². The van der Waals surface area contributed by atoms with E-state index < -0.39 is 0 Å². The quantitative estimate of drug-likeness (QED) is 0.770. The number of halogens is 1. The molecular weight excluding hydrogens is 334 g/mol. The van der Waals surface area contributed by atoms with E-state index in [1.165, 1.54) is 17.4 Å². The highest BCUT2D eigenvalue weighted by Crippen LogP contribution is 2.22. The third-order valence-corrected chi connectivity index (χ3v) is 4.62. The van der Waals surface area contributed by atoms with Crippen LogP contribution in [0.1, 0.15) is 43.0 Å². The van der Waals surface area contributed by atoms with Crippen molar-refractivity contribution in [3.05, 3.63) is 27.5 Å². The van der Waals surface area contributed by atoms with Gasteiger partial charge in [-0.1, -0.05) is 43.2 Å². The van der Waals surface area contributed by atoms with Crippen LogP contribution >= 0.6 is 22.9 Å². The summed E-state index contributed by atoms with van der Waals surface area (Å²) >= 11 is 7.70. The molecule has 0 bridgehead atoms. The summed E-state index contributed by atoms with van der Waals surface area (Å²) in [4.78, 5) is 12.0. The molecule has 1 N–H and O–H groups in total. The number of anilines is 1. The molecule has 0 radical (unpaired) electrons. The van der Waals surface area contributed by atoms with Crippen LogP contribution in [0.2, 0.25) is 5.15 Å². The minimum atomic E-state index is -0.263. The van der Waals surface area contributed by atoms with E-state index >= 15 is 0 Å². The highest BCUT2D eigenvalue weighted by Gasteiger charge is 2.11. The lowest BCUT2D eigenvalue weighted by Gasteiger charge is -2.00. The Morgan fingerprint density at radius 1 is 1.39 bits per heavy atom. The molecule has 0 fully saturated rings. The van der Waals surface area contributed by atoms with Gasteiger partial charge < -0.3 is 0 Å². The molecule has 23 heavy (non-hydrogen) atoms. The molecule has 0 unspecified atom stereocenters. The van der Waals surface area contributed by atoms with Gasteiger partial charge in [0.1, 0.15) is 10.2 Å². The van der Waals surface area contributed by atoms with Crippen LogP contribution in [0.3, 0.4) is 0 Å². The molecule has 1 amide bonds. The maximum atomic E-state index is 12.0. The third kappa shape index (κ3) is 4.62. The molecule has 2 heterocycles. The van der Waals surface area contributed by atoms with Gasteiger partial charge in [-0.15, -0.1) is 10.2 Å². The molecule has 8 heteroatoms. The first-order valence-corrected chi connectivity index (χ1v) is 8.78. The molecule has 2 rings (SSSR count). The van der Waals surface area contributed by atoms with Gasteiger partial charge in [-0.05, 0) is 25.8 Å². The SMILES string of the molecule is CCCCn1nc(C)c(/C=C/C(=O)Nc2nnc(CC)s2)c1Cl. The molecule has 0 aromatic carbocycles. The number of hydrogen-bond acceptors (Lipinski definition) is 5. The Balaban J connectivity index is 2.04. The van der Waals surface area contributed by atoms with Crippen molar-refractivity contribution in [2.75, 3.05) is 5.32 Å². The van der Waals surface area contributed by atoms with E-state index in [2.05, 4.69) is 27.5 Å². The lowest BCUT2D eigenvalue weighted by molar-refractivity contribution is -0.111. The second kappa shape index (κ2) is 8.21. The Bertz CT molecular complexity index is 707. The van der Waals surface area contributed by atoms with Crippen LogP contribution in [-0.4, -0.2) is 25.9 Å². The van der Waals surface area contributed by atoms with Crippen molar-refractivity contribution in [2.45, 2.75) is 46.6 Å². The molecule has 2 aromatic heterocycles. The van der Waals surface area contributed by atoms with Gasteiger partial charge in [-0.3, -0.25) is 14.8 Å². The fourth-order valence-electron chi connectivity index (χ4n) is 1.97. The van der Waals surface area contributed by atoms with E-state index in [4.69, 9.17) is 11.6 Å². The Labute approximate surface area is 144 Å². The minimum Gasteiger partial charge on any atom is -0.297 e. The zero-order chi connectivity index (χ0) is 16.8. The summed E-state index contributed by atoms with van der Waals surface area (Å²) < 4.78 is 1.77. The smallest absolute Gasteiger partial charge is 0.250 e. The molecule has 6 nitrogen and oxygen atoms in total. The van der Waals surface area contributed by atoms with E-state index in [1.807, 2.05) is 13.8 Å². The predicted octanol–water partition coefficient (Wildman–Crippen LogP) is 3.71. The summed E-state index contributed by atoms with van der Waals surface area (Å²) in [6, 6.07) is 0. The lowest BCUT2D eigenvalue weighted by Crippen LogP contribution is -2.07. The average Bonchev–Trinajstić information content (AvgIpc) is 3.08. The molecule has 0 saturated carbocycles. The summed E-state index contributed by atoms with van der Waals surface area (Å²) in [5, 5.41) is 16.9. The van der Waals surface area contributed by atoms with Gasteiger partial charge in [-0.25, -0.2) is 0 Å². The van der Waals surface area contributed by atoms with E-state index in [9.17, 15) is 4.79 Å². The molecule has 0 aliphatic heterocycles. The van der Waals surface area contributed by atoms with Crippen molar-refractivity contribution in [1.29, 1.82) is 0 Å². The fraction of sp³-hybridized carbons (Fsp3) is 0.467. The maximum absolute atomic E-state index is 12.0. The maximum Gasteiger partial charge on any atom is 0.250 e. The highest BCUT2D eigenvalue weighted by molar-refractivity contribution is 7.15. The molecule has 0 saturated heterocycles. The standard InChI is InChI=1S/C15H20ClN5OS/c1-4-6-9-21-14(16)11(10(3)20-21)7-8-12(22)17-15-19-18-13(5-2)23-15/h7-8H,4-6,9H2,1-3H3,(H,17,19,22)/b8-7+. The summed E-state index contributed by atoms with van der Waals surface area (Å²) in [7, 11) is 0. The Kier molecular flexibility index (Phi) is 6.29. The number of unbranched alkanes of at least 4 members (excludes halogenated alkanes) is 1. The number of carbonyl (C=O) groups is 1. The van der Waals surface area contributed by atoms with Crippen LogP contribution in [-0.2, 0) is 17.8 Å². The first-order chi connectivity index (χ1) is 11.0. The van der Waals surface area contributed by atoms with Crippen LogP contribution < -0.4 is 5.32 Å². The van der Waals surface area contributed by atoms with Crippen LogP contribution in [0, 0.1) is 6.92 Å². The highest BCUT2D eigenvalue weighted by atomic mass is 35.5. The van der Waals surface area contributed by atoms with Crippen LogP contribution in [0.5, 0.6) is 0 Å². The molecule has 0 aliphatic rings. The van der Waals surface area contributed by atoms with Crippen molar-refractivity contribution in [3.8, 4) is 0 Å². The number of nitrogens with zero attached hydrogens (tertiary/aromatic N) is 4. The summed E-state index contributed by atoms with van der Waals surface area (Å²) in [5.74, 6) is -0.263. The zero-order valence-corrected chi connectivity index (χ0v) is 15.0. The molecule has 0 spiro atoms. The Morgan fingerprint density at radius 3 is 2.83 bits per heavy atom. The van der Waals surface area contributed by atoms with Gasteiger partial charge in [0.05, 0.1) is 5.69 Å². The topological polar surface area (TPSA) is 72.7 Å². The Hall–Kier alpha value is -1.73. The monoisotopic (exact) mass is 353 g/mol. The molecule has 0 atom stereocenters. The van der Waals surface area contributed by atoms with Gasteiger partial charge in [-0.2, -0.15) is 5.10 Å². The summed E-state index contributed by atoms with van der Waals surface area (Å²) in [5.41, 5.74) is 1.57. The number of carbonyl (C=O) groups excluding carboxylic acids is 1. The normalized spacial score (nSPS) is 11.3. The lowest BCUT2D eigenvalue weighted by atomic mass is 10.2. The van der Waals surface area contributed by atoms with Crippen molar-refractivity contribution >= 4 is 40.1 Å². The predicted molar refractivity (Wildman–Crippen MR) is 93.8 cm³/mol. The second-order valence-electron chi connectivity index (χ2n) is 5.04. The van der Waals surface area contributed by atoms with Gasteiger partial charge in [0.25, 0.3) is 0 Å². The number of nitrogens with one attached hydrogen (secondary N) is 1. The third-order valence-electron chi connectivity index (χ3n) is 3.23. The summed E-state index contributed by atoms with van der Waals surface area (Å²) in [6.45, 7) is 6.77. The molecule has 0 aliphatic carbocycles. The van der Waals surface area contributed by atoms with E-state index in [0.717, 1.165) is 42.1 Å². The van der Waals surface area contributed by atoms with E-state index in [0.29, 0.717) is 10.3 Å². The minimum absolute atomic E-state index is 0.263. The number of amides is 1. The average molecular weight is 354 g/mol. The number of rotatable bonds is 7. The van der Waals surface area contributed by atoms with Gasteiger partial charge in [0.2, 0.25) is 11.0 Å². The largest absolute Gasteiger partial charge is 0.297 e. The van der Waals surface area contributed by atoms with Gasteiger partial charge >= 0.3 is 0 Å². The van der Waals surface area contributed by atoms with Crippen LogP contribution in [0.4, 0.5) is 5.13 Å². The Morgan fingerprint density at radius 2 is 2.17 bits per heavy atom. The van der Waals surface area contributed by atoms with E-state index in [1.54, 1.807) is 10.8 Å². The number of aryl methyl sites for hydroxylation is 3. The zero-order valence-electron chi connectivity index (χ0n) is 13.5. The first-order valence-electron chi connectivity index (χ1n) is 7.59. The van der Waals surface area contributed by atoms with E-state index in [-0.39, 0.29) is 5.91 Å². The van der Waals surface area contributed by atoms with Crippen molar-refractivity contribution in [3.63, 3.8) is 0 Å². The van der Waals surface area contributed by atoms with Crippen molar-refractivity contribution < 1.29 is 4.79 Å². The van der Waals surface area contributed by atoms with Crippen molar-refractivity contribution in [1.82, 2.24) is 20.0 Å². The number of aromatic nitrogens is 4. The molecular formula is C15H20ClN5OS. The van der Waals surface area contributed by atoms with Crippen LogP contribution in [0.25, 0.3) is 6.08 Å². The van der Waals surface area contributed by atoms with Crippen molar-refractivity contribution in [2.24, 2.45) is 0 Å². The fourth-order valence-corrected chi connectivity index (χ4v) is 2.97. The first kappa shape index (κ1) is 17.6. The number of hydrogen-bond donors (Lipinski definition) is 1. The van der Waals surface area contributed by atoms with Gasteiger partial charge in [0, 0.05) is 18.2 Å². The molecule has 124 valence electrons. The summed E-state index contributed by atoms with van der Waals surface area (Å²) in [6.07, 6.45) is 6.01. The molecule has 2 aromatic rings. The van der Waals surface area contributed by atoms with Crippen LogP contribution in [0.15, 0.2) is 6.08 Å². The second-order valence-corrected chi connectivity index (χ2v) is 6.46.